The van der Waals surface area contributed by atoms with Gasteiger partial charge in [-0.3, -0.25) is 10.1 Å². The van der Waals surface area contributed by atoms with Gasteiger partial charge in [-0.05, 0) is 17.7 Å². The molecule has 10 heteroatoms. The molecule has 2 fully saturated rings. The molecule has 128 valence electrons. The zero-order chi connectivity index (χ0) is 17.6. The molecule has 1 aromatic rings. The molecule has 0 saturated carbocycles. The molecule has 5 amide bonds. The van der Waals surface area contributed by atoms with E-state index in [2.05, 4.69) is 16.0 Å². The second-order valence-electron chi connectivity index (χ2n) is 5.59. The molecule has 3 N–H and O–H groups in total. The van der Waals surface area contributed by atoms with Gasteiger partial charge >= 0.3 is 18.2 Å². The Bertz CT molecular complexity index is 704. The van der Waals surface area contributed by atoms with Crippen LogP contribution in [0, 0.1) is 5.92 Å². The van der Waals surface area contributed by atoms with Crippen molar-refractivity contribution in [1.82, 2.24) is 20.9 Å². The molecule has 3 unspecified atom stereocenters. The zero-order valence-electron chi connectivity index (χ0n) is 12.3. The van der Waals surface area contributed by atoms with Crippen LogP contribution >= 0.6 is 0 Å². The van der Waals surface area contributed by atoms with Crippen molar-refractivity contribution in [3.8, 4) is 0 Å². The van der Waals surface area contributed by atoms with Crippen LogP contribution in [0.15, 0.2) is 24.3 Å². The van der Waals surface area contributed by atoms with E-state index in [-0.39, 0.29) is 0 Å². The molecule has 2 heterocycles. The molecule has 7 nitrogen and oxygen atoms in total. The van der Waals surface area contributed by atoms with Gasteiger partial charge in [-0.15, -0.1) is 0 Å². The Kier molecular flexibility index (Phi) is 3.61. The van der Waals surface area contributed by atoms with Crippen LogP contribution in [0.2, 0.25) is 0 Å². The van der Waals surface area contributed by atoms with Crippen LogP contribution in [0.4, 0.5) is 22.8 Å². The van der Waals surface area contributed by atoms with Crippen molar-refractivity contribution in [3.05, 3.63) is 35.4 Å². The highest BCUT2D eigenvalue weighted by Gasteiger charge is 2.48. The largest absolute Gasteiger partial charge is 0.416 e. The van der Waals surface area contributed by atoms with Crippen molar-refractivity contribution in [2.45, 2.75) is 18.4 Å². The number of nitrogens with one attached hydrogen (secondary N) is 3. The van der Waals surface area contributed by atoms with Crippen LogP contribution < -0.4 is 16.0 Å². The SMILES string of the molecule is CN1C(=O)NC(=O)C2C(c3ccc(C(F)(F)F)cc3)NC(=O)NC21. The van der Waals surface area contributed by atoms with Gasteiger partial charge in [-0.2, -0.15) is 13.2 Å². The van der Waals surface area contributed by atoms with Crippen LogP contribution in [0.5, 0.6) is 0 Å². The average molecular weight is 342 g/mol. The number of rotatable bonds is 1. The smallest absolute Gasteiger partial charge is 0.330 e. The lowest BCUT2D eigenvalue weighted by Gasteiger charge is -2.45. The van der Waals surface area contributed by atoms with Crippen molar-refractivity contribution >= 4 is 18.0 Å². The number of carbonyl (C=O) groups is 3. The highest BCUT2D eigenvalue weighted by molar-refractivity contribution is 6.00. The van der Waals surface area contributed by atoms with Crippen molar-refractivity contribution in [2.24, 2.45) is 5.92 Å². The molecule has 0 aromatic heterocycles. The maximum Gasteiger partial charge on any atom is 0.416 e. The second-order valence-corrected chi connectivity index (χ2v) is 5.59. The minimum absolute atomic E-state index is 0.339. The van der Waals surface area contributed by atoms with E-state index >= 15 is 0 Å². The number of fused-ring (bicyclic) bond motifs is 1. The second kappa shape index (κ2) is 5.39. The molecular formula is C14H13F3N4O3. The molecule has 0 bridgehead atoms. The summed E-state index contributed by atoms with van der Waals surface area (Å²) in [4.78, 5) is 36.8. The number of carbonyl (C=O) groups excluding carboxylic acids is 3. The van der Waals surface area contributed by atoms with E-state index in [1.165, 1.54) is 24.1 Å². The Balaban J connectivity index is 1.95. The summed E-state index contributed by atoms with van der Waals surface area (Å²) in [5, 5.41) is 7.16. The van der Waals surface area contributed by atoms with Crippen molar-refractivity contribution in [1.29, 1.82) is 0 Å². The van der Waals surface area contributed by atoms with E-state index in [1.807, 2.05) is 0 Å². The molecule has 2 saturated heterocycles. The molecule has 0 radical (unpaired) electrons. The topological polar surface area (TPSA) is 90.5 Å². The summed E-state index contributed by atoms with van der Waals surface area (Å²) in [6.07, 6.45) is -5.36. The van der Waals surface area contributed by atoms with Gasteiger partial charge in [0.15, 0.2) is 0 Å². The monoisotopic (exact) mass is 342 g/mol. The standard InChI is InChI=1S/C14H13F3N4O3/c1-21-10-8(11(22)20-13(21)24)9(18-12(23)19-10)6-2-4-7(5-3-6)14(15,16)17/h2-5,8-10H,1H3,(H2,18,19,23)(H,20,22,24). The highest BCUT2D eigenvalue weighted by atomic mass is 19.4. The van der Waals surface area contributed by atoms with Crippen molar-refractivity contribution in [3.63, 3.8) is 0 Å². The first-order valence-corrected chi connectivity index (χ1v) is 7.00. The minimum atomic E-state index is -4.48. The fourth-order valence-electron chi connectivity index (χ4n) is 2.88. The number of benzene rings is 1. The van der Waals surface area contributed by atoms with Gasteiger partial charge in [-0.1, -0.05) is 12.1 Å². The van der Waals surface area contributed by atoms with Crippen LogP contribution in [0.25, 0.3) is 0 Å². The molecule has 0 aliphatic carbocycles. The van der Waals surface area contributed by atoms with E-state index < -0.39 is 47.8 Å². The van der Waals surface area contributed by atoms with E-state index in [0.717, 1.165) is 12.1 Å². The number of halogens is 3. The van der Waals surface area contributed by atoms with Gasteiger partial charge in [0.05, 0.1) is 11.6 Å². The van der Waals surface area contributed by atoms with Gasteiger partial charge in [0.2, 0.25) is 5.91 Å². The summed E-state index contributed by atoms with van der Waals surface area (Å²) < 4.78 is 38.0. The molecule has 3 atom stereocenters. The van der Waals surface area contributed by atoms with E-state index in [4.69, 9.17) is 0 Å². The van der Waals surface area contributed by atoms with Gasteiger partial charge in [0.1, 0.15) is 12.1 Å². The Morgan fingerprint density at radius 1 is 1.04 bits per heavy atom. The van der Waals surface area contributed by atoms with Gasteiger partial charge in [0, 0.05) is 7.05 Å². The number of imide groups is 1. The van der Waals surface area contributed by atoms with Gasteiger partial charge < -0.3 is 15.5 Å². The molecule has 0 spiro atoms. The third-order valence-corrected chi connectivity index (χ3v) is 4.13. The summed E-state index contributed by atoms with van der Waals surface area (Å²) in [6.45, 7) is 0. The lowest BCUT2D eigenvalue weighted by molar-refractivity contribution is -0.137. The summed E-state index contributed by atoms with van der Waals surface area (Å²) in [5.41, 5.74) is -0.491. The lowest BCUT2D eigenvalue weighted by atomic mass is 9.86. The Labute approximate surface area is 134 Å². The maximum atomic E-state index is 12.7. The minimum Gasteiger partial charge on any atom is -0.330 e. The Morgan fingerprint density at radius 3 is 2.25 bits per heavy atom. The number of urea groups is 2. The number of amides is 5. The van der Waals surface area contributed by atoms with E-state index in [1.54, 1.807) is 0 Å². The number of nitrogens with zero attached hydrogens (tertiary/aromatic N) is 1. The molecular weight excluding hydrogens is 329 g/mol. The van der Waals surface area contributed by atoms with Crippen LogP contribution in [-0.2, 0) is 11.0 Å². The van der Waals surface area contributed by atoms with Crippen LogP contribution in [-0.4, -0.2) is 36.1 Å². The molecule has 24 heavy (non-hydrogen) atoms. The molecule has 1 aromatic carbocycles. The first kappa shape index (κ1) is 16.1. The first-order valence-electron chi connectivity index (χ1n) is 7.00. The average Bonchev–Trinajstić information content (AvgIpc) is 2.51. The molecule has 2 aliphatic rings. The lowest BCUT2D eigenvalue weighted by Crippen LogP contribution is -2.71. The summed E-state index contributed by atoms with van der Waals surface area (Å²) >= 11 is 0. The number of hydrogen-bond donors (Lipinski definition) is 3. The predicted molar refractivity (Wildman–Crippen MR) is 74.4 cm³/mol. The number of alkyl halides is 3. The number of hydrogen-bond acceptors (Lipinski definition) is 3. The molecule has 3 rings (SSSR count). The quantitative estimate of drug-likeness (QED) is 0.716. The highest BCUT2D eigenvalue weighted by Crippen LogP contribution is 2.34. The predicted octanol–water partition coefficient (Wildman–Crippen LogP) is 1.18. The van der Waals surface area contributed by atoms with Gasteiger partial charge in [0.25, 0.3) is 0 Å². The zero-order valence-corrected chi connectivity index (χ0v) is 12.3. The maximum absolute atomic E-state index is 12.7. The van der Waals surface area contributed by atoms with Crippen LogP contribution in [0.1, 0.15) is 17.2 Å². The van der Waals surface area contributed by atoms with E-state index in [0.29, 0.717) is 5.56 Å². The fraction of sp³-hybridized carbons (Fsp3) is 0.357. The van der Waals surface area contributed by atoms with Crippen molar-refractivity contribution in [2.75, 3.05) is 7.05 Å². The summed E-state index contributed by atoms with van der Waals surface area (Å²) in [6, 6.07) is 2.05. The fourth-order valence-corrected chi connectivity index (χ4v) is 2.88. The summed E-state index contributed by atoms with van der Waals surface area (Å²) in [7, 11) is 1.41. The van der Waals surface area contributed by atoms with Crippen molar-refractivity contribution < 1.29 is 27.6 Å². The van der Waals surface area contributed by atoms with Gasteiger partial charge in [-0.25, -0.2) is 9.59 Å². The Morgan fingerprint density at radius 2 is 1.67 bits per heavy atom. The third-order valence-electron chi connectivity index (χ3n) is 4.13. The third kappa shape index (κ3) is 2.63. The normalized spacial score (nSPS) is 27.1. The Hall–Kier alpha value is -2.78. The summed E-state index contributed by atoms with van der Waals surface area (Å²) in [5.74, 6) is -1.48. The van der Waals surface area contributed by atoms with E-state index in [9.17, 15) is 27.6 Å². The first-order chi connectivity index (χ1) is 11.2. The van der Waals surface area contributed by atoms with Crippen LogP contribution in [0.3, 0.4) is 0 Å². The molecule has 2 aliphatic heterocycles.